The van der Waals surface area contributed by atoms with Crippen molar-refractivity contribution in [2.24, 2.45) is 0 Å². The summed E-state index contributed by atoms with van der Waals surface area (Å²) in [7, 11) is 0. The zero-order chi connectivity index (χ0) is 33.3. The van der Waals surface area contributed by atoms with Crippen LogP contribution in [0.5, 0.6) is 0 Å². The average Bonchev–Trinajstić information content (AvgIpc) is 3.08. The Kier molecular flexibility index (Phi) is 8.38. The number of hydrogen-bond donors (Lipinski definition) is 0. The normalized spacial score (nSPS) is 11.1. The molecule has 6 aromatic rings. The summed E-state index contributed by atoms with van der Waals surface area (Å²) < 4.78 is 0. The lowest BCUT2D eigenvalue weighted by atomic mass is 9.73. The molecule has 0 aliphatic carbocycles. The SMILES string of the molecule is [C-]#[N+]c1c(-c2ccccc2C)cc(C(C)(C)c2cc(-c3ccccc3C)c(C#N)c(-c3ccccc3C)c2)cc1-c1ccccc1C. The number of nitriles is 1. The van der Waals surface area contributed by atoms with Gasteiger partial charge in [0.05, 0.1) is 12.1 Å². The van der Waals surface area contributed by atoms with Gasteiger partial charge in [-0.1, -0.05) is 123 Å². The number of aryl methyl sites for hydroxylation is 4. The molecule has 47 heavy (non-hydrogen) atoms. The molecule has 0 saturated heterocycles. The van der Waals surface area contributed by atoms with Crippen LogP contribution in [-0.4, -0.2) is 0 Å². The molecular weight excluding hydrogens is 569 g/mol. The van der Waals surface area contributed by atoms with Gasteiger partial charge >= 0.3 is 0 Å². The zero-order valence-corrected chi connectivity index (χ0v) is 27.9. The molecule has 6 rings (SSSR count). The Balaban J connectivity index is 1.70. The summed E-state index contributed by atoms with van der Waals surface area (Å²) in [5.74, 6) is 0. The lowest BCUT2D eigenvalue weighted by molar-refractivity contribution is 0.642. The van der Waals surface area contributed by atoms with Gasteiger partial charge in [0.15, 0.2) is 0 Å². The molecule has 0 aliphatic rings. The molecule has 0 fully saturated rings. The summed E-state index contributed by atoms with van der Waals surface area (Å²) >= 11 is 0. The smallest absolute Gasteiger partial charge is 0.202 e. The molecule has 0 amide bonds. The monoisotopic (exact) mass is 606 g/mol. The lowest BCUT2D eigenvalue weighted by Crippen LogP contribution is -2.20. The van der Waals surface area contributed by atoms with E-state index in [1.165, 1.54) is 0 Å². The van der Waals surface area contributed by atoms with Crippen molar-refractivity contribution in [3.63, 3.8) is 0 Å². The molecule has 0 unspecified atom stereocenters. The summed E-state index contributed by atoms with van der Waals surface area (Å²) in [5.41, 5.74) is 15.6. The number of hydrogen-bond acceptors (Lipinski definition) is 1. The Morgan fingerprint density at radius 2 is 0.787 bits per heavy atom. The van der Waals surface area contributed by atoms with E-state index < -0.39 is 5.41 Å². The number of rotatable bonds is 6. The van der Waals surface area contributed by atoms with Gasteiger partial charge in [-0.25, -0.2) is 4.85 Å². The van der Waals surface area contributed by atoms with E-state index in [4.69, 9.17) is 6.57 Å². The van der Waals surface area contributed by atoms with E-state index in [1.54, 1.807) is 0 Å². The van der Waals surface area contributed by atoms with Gasteiger partial charge in [0.25, 0.3) is 0 Å². The van der Waals surface area contributed by atoms with Crippen LogP contribution in [0.15, 0.2) is 121 Å². The average molecular weight is 607 g/mol. The summed E-state index contributed by atoms with van der Waals surface area (Å²) in [4.78, 5) is 4.16. The number of benzene rings is 6. The van der Waals surface area contributed by atoms with Gasteiger partial charge < -0.3 is 0 Å². The first-order valence-electron chi connectivity index (χ1n) is 16.0. The second-order valence-corrected chi connectivity index (χ2v) is 13.0. The molecule has 228 valence electrons. The van der Waals surface area contributed by atoms with Gasteiger partial charge in [-0.3, -0.25) is 0 Å². The Labute approximate surface area is 279 Å². The minimum atomic E-state index is -0.488. The van der Waals surface area contributed by atoms with E-state index in [1.807, 2.05) is 48.5 Å². The molecule has 2 nitrogen and oxygen atoms in total. The fourth-order valence-corrected chi connectivity index (χ4v) is 6.74. The third-order valence-electron chi connectivity index (χ3n) is 9.66. The van der Waals surface area contributed by atoms with Crippen molar-refractivity contribution in [2.45, 2.75) is 47.0 Å². The fourth-order valence-electron chi connectivity index (χ4n) is 6.74. The van der Waals surface area contributed by atoms with Crippen LogP contribution in [0, 0.1) is 45.6 Å². The van der Waals surface area contributed by atoms with E-state index >= 15 is 0 Å². The zero-order valence-electron chi connectivity index (χ0n) is 27.9. The molecule has 6 aromatic carbocycles. The van der Waals surface area contributed by atoms with Gasteiger partial charge in [-0.2, -0.15) is 5.26 Å². The second-order valence-electron chi connectivity index (χ2n) is 13.0. The molecule has 0 bridgehead atoms. The maximum atomic E-state index is 10.7. The highest BCUT2D eigenvalue weighted by Crippen LogP contribution is 2.47. The van der Waals surface area contributed by atoms with E-state index in [2.05, 4.69) is 125 Å². The molecule has 0 N–H and O–H groups in total. The Hall–Kier alpha value is -5.70. The molecule has 0 radical (unpaired) electrons. The van der Waals surface area contributed by atoms with Crippen LogP contribution in [0.25, 0.3) is 49.4 Å². The fraction of sp³-hybridized carbons (Fsp3) is 0.156. The van der Waals surface area contributed by atoms with E-state index in [9.17, 15) is 5.26 Å². The predicted octanol–water partition coefficient (Wildman–Crippen LogP) is 12.3. The second kappa shape index (κ2) is 12.6. The minimum Gasteiger partial charge on any atom is -0.237 e. The van der Waals surface area contributed by atoms with Crippen LogP contribution in [-0.2, 0) is 5.41 Å². The Morgan fingerprint density at radius 3 is 1.09 bits per heavy atom. The molecule has 0 heterocycles. The van der Waals surface area contributed by atoms with Crippen molar-refractivity contribution in [1.29, 1.82) is 5.26 Å². The molecular formula is C45H38N2. The van der Waals surface area contributed by atoms with E-state index in [0.29, 0.717) is 11.3 Å². The first-order chi connectivity index (χ1) is 22.6. The first-order valence-corrected chi connectivity index (χ1v) is 16.0. The minimum absolute atomic E-state index is 0.488. The highest BCUT2D eigenvalue weighted by Gasteiger charge is 2.30. The molecule has 0 saturated carbocycles. The lowest BCUT2D eigenvalue weighted by Gasteiger charge is -2.30. The van der Waals surface area contributed by atoms with Gasteiger partial charge in [0.2, 0.25) is 5.69 Å². The van der Waals surface area contributed by atoms with Crippen molar-refractivity contribution >= 4 is 5.69 Å². The maximum Gasteiger partial charge on any atom is 0.202 e. The van der Waals surface area contributed by atoms with Crippen LogP contribution >= 0.6 is 0 Å². The van der Waals surface area contributed by atoms with Gasteiger partial charge in [-0.15, -0.1) is 0 Å². The third-order valence-corrected chi connectivity index (χ3v) is 9.66. The number of nitrogens with zero attached hydrogens (tertiary/aromatic N) is 2. The summed E-state index contributed by atoms with van der Waals surface area (Å²) in [6.45, 7) is 21.3. The molecule has 2 heteroatoms. The molecule has 0 atom stereocenters. The standard InChI is InChI=1S/C45H38N2/c1-29-16-8-12-20-35(29)39-24-33(25-40(43(39)28-46)36-21-13-9-17-30(36)2)45(5,6)34-26-41(37-22-14-10-18-31(37)3)44(47-7)42(27-34)38-23-15-11-19-32(38)4/h8-27H,1-6H3. The predicted molar refractivity (Wildman–Crippen MR) is 197 cm³/mol. The summed E-state index contributed by atoms with van der Waals surface area (Å²) in [6.07, 6.45) is 0. The molecule has 0 spiro atoms. The third kappa shape index (κ3) is 5.65. The maximum absolute atomic E-state index is 10.7. The Morgan fingerprint density at radius 1 is 0.489 bits per heavy atom. The van der Waals surface area contributed by atoms with Crippen LogP contribution in [0.1, 0.15) is 52.8 Å². The highest BCUT2D eigenvalue weighted by atomic mass is 14.7. The van der Waals surface area contributed by atoms with E-state index in [-0.39, 0.29) is 0 Å². The first kappa shape index (κ1) is 31.3. The van der Waals surface area contributed by atoms with Gasteiger partial charge in [0, 0.05) is 16.5 Å². The molecule has 0 aromatic heterocycles. The van der Waals surface area contributed by atoms with Crippen molar-refractivity contribution < 1.29 is 0 Å². The largest absolute Gasteiger partial charge is 0.237 e. The van der Waals surface area contributed by atoms with Crippen molar-refractivity contribution in [3.8, 4) is 50.6 Å². The van der Waals surface area contributed by atoms with Crippen LogP contribution < -0.4 is 0 Å². The van der Waals surface area contributed by atoms with Crippen LogP contribution in [0.2, 0.25) is 0 Å². The van der Waals surface area contributed by atoms with Crippen molar-refractivity contribution in [1.82, 2.24) is 0 Å². The van der Waals surface area contributed by atoms with Gasteiger partial charge in [-0.05, 0) is 107 Å². The quantitative estimate of drug-likeness (QED) is 0.173. The van der Waals surface area contributed by atoms with E-state index in [0.717, 1.165) is 77.9 Å². The Bertz CT molecular complexity index is 1940. The van der Waals surface area contributed by atoms with Crippen LogP contribution in [0.4, 0.5) is 5.69 Å². The highest BCUT2D eigenvalue weighted by molar-refractivity contribution is 5.94. The van der Waals surface area contributed by atoms with Crippen molar-refractivity contribution in [2.75, 3.05) is 0 Å². The molecule has 0 aliphatic heterocycles. The van der Waals surface area contributed by atoms with Crippen LogP contribution in [0.3, 0.4) is 0 Å². The summed E-state index contributed by atoms with van der Waals surface area (Å²) in [6, 6.07) is 44.7. The summed E-state index contributed by atoms with van der Waals surface area (Å²) in [5, 5.41) is 10.7. The topological polar surface area (TPSA) is 28.1 Å². The van der Waals surface area contributed by atoms with Gasteiger partial charge in [0.1, 0.15) is 6.07 Å². The van der Waals surface area contributed by atoms with Crippen molar-refractivity contribution in [3.05, 3.63) is 172 Å².